The van der Waals surface area contributed by atoms with Gasteiger partial charge in [0.1, 0.15) is 0 Å². The summed E-state index contributed by atoms with van der Waals surface area (Å²) < 4.78 is 0. The lowest BCUT2D eigenvalue weighted by Gasteiger charge is -2.26. The third kappa shape index (κ3) is 6.40. The topological polar surface area (TPSA) is 58.1 Å². The van der Waals surface area contributed by atoms with Crippen LogP contribution in [-0.4, -0.2) is 29.0 Å². The molecule has 0 saturated carbocycles. The lowest BCUT2D eigenvalue weighted by molar-refractivity contribution is 0.0950. The first-order valence-corrected chi connectivity index (χ1v) is 13.0. The predicted molar refractivity (Wildman–Crippen MR) is 143 cm³/mol. The van der Waals surface area contributed by atoms with Crippen LogP contribution in [0.25, 0.3) is 0 Å². The minimum Gasteiger partial charge on any atom is -0.352 e. The summed E-state index contributed by atoms with van der Waals surface area (Å²) >= 11 is 6.11. The van der Waals surface area contributed by atoms with E-state index in [1.807, 2.05) is 12.1 Å². The maximum absolute atomic E-state index is 13.1. The highest BCUT2D eigenvalue weighted by atomic mass is 35.5. The van der Waals surface area contributed by atoms with Gasteiger partial charge in [-0.05, 0) is 73.8 Å². The number of carbonyl (C=O) groups is 1. The van der Waals surface area contributed by atoms with Crippen LogP contribution in [-0.2, 0) is 12.8 Å². The van der Waals surface area contributed by atoms with E-state index < -0.39 is 0 Å². The van der Waals surface area contributed by atoms with E-state index in [0.29, 0.717) is 30.4 Å². The van der Waals surface area contributed by atoms with Crippen molar-refractivity contribution in [3.63, 3.8) is 0 Å². The highest BCUT2D eigenvalue weighted by Crippen LogP contribution is 2.35. The summed E-state index contributed by atoms with van der Waals surface area (Å²) in [6.07, 6.45) is 6.30. The molecule has 1 saturated heterocycles. The number of anilines is 1. The van der Waals surface area contributed by atoms with E-state index >= 15 is 0 Å². The number of nitrogens with one attached hydrogen (secondary N) is 1. The average Bonchev–Trinajstić information content (AvgIpc) is 3.33. The monoisotopic (exact) mass is 490 g/mol. The summed E-state index contributed by atoms with van der Waals surface area (Å²) in [6.45, 7) is 7.99. The van der Waals surface area contributed by atoms with Gasteiger partial charge in [0.25, 0.3) is 5.91 Å². The molecule has 1 atom stereocenters. The van der Waals surface area contributed by atoms with Crippen molar-refractivity contribution in [1.29, 1.82) is 0 Å². The molecule has 1 aliphatic heterocycles. The van der Waals surface area contributed by atoms with Crippen LogP contribution in [0.1, 0.15) is 71.9 Å². The number of aromatic nitrogens is 2. The molecule has 1 aliphatic rings. The lowest BCUT2D eigenvalue weighted by Crippen LogP contribution is -2.29. The fourth-order valence-electron chi connectivity index (χ4n) is 4.68. The number of amides is 1. The van der Waals surface area contributed by atoms with Gasteiger partial charge >= 0.3 is 0 Å². The maximum atomic E-state index is 13.1. The summed E-state index contributed by atoms with van der Waals surface area (Å²) in [5, 5.41) is 3.80. The van der Waals surface area contributed by atoms with Crippen LogP contribution in [0.2, 0.25) is 5.02 Å². The van der Waals surface area contributed by atoms with E-state index in [2.05, 4.69) is 72.4 Å². The Bertz CT molecular complexity index is 1150. The fraction of sp³-hybridized carbons (Fsp3) is 0.414. The van der Waals surface area contributed by atoms with Crippen molar-refractivity contribution in [2.24, 2.45) is 5.92 Å². The van der Waals surface area contributed by atoms with Gasteiger partial charge in [-0.3, -0.25) is 4.79 Å². The van der Waals surface area contributed by atoms with Gasteiger partial charge in [0.2, 0.25) is 5.95 Å². The number of nitrogens with zero attached hydrogens (tertiary/aromatic N) is 3. The number of rotatable bonds is 9. The number of benzene rings is 2. The SMILES string of the molecule is Cc1ccccc1CCc1nc(N2CCCC2c2ccc(Cl)cc2)ncc1C(=O)NCCC(C)C. The standard InChI is InChI=1S/C29H35ClN4O/c1-20(2)16-17-31-28(35)25-19-32-29(33-26(25)15-12-22-8-5-4-7-21(22)3)34-18-6-9-27(34)23-10-13-24(30)14-11-23/h4-5,7-8,10-11,13-14,19-20,27H,6,9,12,15-18H2,1-3H3,(H,31,35). The van der Waals surface area contributed by atoms with Crippen molar-refractivity contribution in [2.75, 3.05) is 18.0 Å². The summed E-state index contributed by atoms with van der Waals surface area (Å²) in [5.41, 5.74) is 5.13. The zero-order valence-electron chi connectivity index (χ0n) is 20.9. The highest BCUT2D eigenvalue weighted by Gasteiger charge is 2.29. The van der Waals surface area contributed by atoms with Crippen molar-refractivity contribution in [2.45, 2.75) is 58.9 Å². The molecule has 184 valence electrons. The van der Waals surface area contributed by atoms with Gasteiger partial charge in [-0.1, -0.05) is 61.8 Å². The molecule has 2 heterocycles. The quantitative estimate of drug-likeness (QED) is 0.380. The summed E-state index contributed by atoms with van der Waals surface area (Å²) in [5.74, 6) is 1.14. The van der Waals surface area contributed by atoms with Crippen molar-refractivity contribution in [3.8, 4) is 0 Å². The number of carbonyl (C=O) groups excluding carboxylic acids is 1. The van der Waals surface area contributed by atoms with Crippen molar-refractivity contribution >= 4 is 23.5 Å². The molecule has 1 N–H and O–H groups in total. The molecule has 1 unspecified atom stereocenters. The normalized spacial score (nSPS) is 15.6. The Hall–Kier alpha value is -2.92. The Morgan fingerprint density at radius 1 is 1.14 bits per heavy atom. The Morgan fingerprint density at radius 2 is 1.91 bits per heavy atom. The first-order chi connectivity index (χ1) is 16.9. The van der Waals surface area contributed by atoms with Crippen LogP contribution in [0.3, 0.4) is 0 Å². The number of aryl methyl sites for hydroxylation is 3. The predicted octanol–water partition coefficient (Wildman–Crippen LogP) is 6.34. The molecular weight excluding hydrogens is 456 g/mol. The molecule has 4 rings (SSSR count). The second-order valence-electron chi connectivity index (χ2n) is 9.80. The van der Waals surface area contributed by atoms with Crippen LogP contribution in [0.15, 0.2) is 54.7 Å². The smallest absolute Gasteiger partial charge is 0.254 e. The van der Waals surface area contributed by atoms with E-state index in [1.54, 1.807) is 6.20 Å². The average molecular weight is 491 g/mol. The van der Waals surface area contributed by atoms with Crippen molar-refractivity contribution in [3.05, 3.63) is 87.7 Å². The highest BCUT2D eigenvalue weighted by molar-refractivity contribution is 6.30. The Balaban J connectivity index is 1.60. The van der Waals surface area contributed by atoms with E-state index in [1.165, 1.54) is 16.7 Å². The molecule has 6 heteroatoms. The van der Waals surface area contributed by atoms with Gasteiger partial charge in [0.15, 0.2) is 0 Å². The molecule has 1 aromatic heterocycles. The first-order valence-electron chi connectivity index (χ1n) is 12.6. The van der Waals surface area contributed by atoms with E-state index in [-0.39, 0.29) is 11.9 Å². The molecule has 35 heavy (non-hydrogen) atoms. The van der Waals surface area contributed by atoms with Gasteiger partial charge in [-0.15, -0.1) is 0 Å². The maximum Gasteiger partial charge on any atom is 0.254 e. The van der Waals surface area contributed by atoms with Crippen LogP contribution >= 0.6 is 11.6 Å². The molecule has 0 aliphatic carbocycles. The van der Waals surface area contributed by atoms with Gasteiger partial charge in [0.05, 0.1) is 17.3 Å². The van der Waals surface area contributed by atoms with E-state index in [9.17, 15) is 4.79 Å². The molecule has 2 aromatic carbocycles. The molecule has 0 bridgehead atoms. The third-order valence-electron chi connectivity index (χ3n) is 6.76. The second-order valence-corrected chi connectivity index (χ2v) is 10.2. The Kier molecular flexibility index (Phi) is 8.40. The van der Waals surface area contributed by atoms with Crippen molar-refractivity contribution in [1.82, 2.24) is 15.3 Å². The molecule has 0 spiro atoms. The van der Waals surface area contributed by atoms with Crippen LogP contribution < -0.4 is 10.2 Å². The molecule has 1 amide bonds. The number of halogens is 1. The molecule has 0 radical (unpaired) electrons. The lowest BCUT2D eigenvalue weighted by atomic mass is 10.0. The number of hydrogen-bond donors (Lipinski definition) is 1. The Morgan fingerprint density at radius 3 is 2.66 bits per heavy atom. The number of hydrogen-bond acceptors (Lipinski definition) is 4. The van der Waals surface area contributed by atoms with E-state index in [4.69, 9.17) is 16.6 Å². The minimum atomic E-state index is -0.0901. The summed E-state index contributed by atoms with van der Waals surface area (Å²) in [7, 11) is 0. The molecular formula is C29H35ClN4O. The van der Waals surface area contributed by atoms with Crippen LogP contribution in [0.4, 0.5) is 5.95 Å². The van der Waals surface area contributed by atoms with Crippen LogP contribution in [0.5, 0.6) is 0 Å². The van der Waals surface area contributed by atoms with Gasteiger partial charge in [0, 0.05) is 24.3 Å². The third-order valence-corrected chi connectivity index (χ3v) is 7.02. The molecule has 1 fully saturated rings. The molecule has 3 aromatic rings. The minimum absolute atomic E-state index is 0.0901. The zero-order valence-corrected chi connectivity index (χ0v) is 21.7. The summed E-state index contributed by atoms with van der Waals surface area (Å²) in [4.78, 5) is 25.0. The second kappa shape index (κ2) is 11.7. The zero-order chi connectivity index (χ0) is 24.8. The van der Waals surface area contributed by atoms with E-state index in [0.717, 1.165) is 42.9 Å². The van der Waals surface area contributed by atoms with Gasteiger partial charge < -0.3 is 10.2 Å². The van der Waals surface area contributed by atoms with Gasteiger partial charge in [-0.25, -0.2) is 9.97 Å². The van der Waals surface area contributed by atoms with Gasteiger partial charge in [-0.2, -0.15) is 0 Å². The Labute approximate surface area is 213 Å². The van der Waals surface area contributed by atoms with Crippen molar-refractivity contribution < 1.29 is 4.79 Å². The van der Waals surface area contributed by atoms with Crippen LogP contribution in [0, 0.1) is 12.8 Å². The fourth-order valence-corrected chi connectivity index (χ4v) is 4.80. The molecule has 5 nitrogen and oxygen atoms in total. The first kappa shape index (κ1) is 25.2. The summed E-state index contributed by atoms with van der Waals surface area (Å²) in [6, 6.07) is 16.6. The largest absolute Gasteiger partial charge is 0.352 e.